The van der Waals surface area contributed by atoms with Crippen LogP contribution in [0, 0.1) is 0 Å². The van der Waals surface area contributed by atoms with Crippen LogP contribution in [0.5, 0.6) is 57.5 Å². The molecular formula is C95H120N20O10+10. The van der Waals surface area contributed by atoms with Gasteiger partial charge in [0.1, 0.15) is 313 Å². The smallest absolute Gasteiger partial charge is 0.243 e. The second kappa shape index (κ2) is 40.0. The highest BCUT2D eigenvalue weighted by Crippen LogP contribution is 2.43. The van der Waals surface area contributed by atoms with E-state index in [2.05, 4.69) is 232 Å². The zero-order valence-corrected chi connectivity index (χ0v) is 73.8. The Kier molecular flexibility index (Phi) is 27.1. The summed E-state index contributed by atoms with van der Waals surface area (Å²) in [5.74, 6) is 6.91. The summed E-state index contributed by atoms with van der Waals surface area (Å²) in [6, 6.07) is 21.9. The van der Waals surface area contributed by atoms with Crippen LogP contribution in [0.2, 0.25) is 0 Å². The van der Waals surface area contributed by atoms with Crippen molar-refractivity contribution >= 4 is 0 Å². The molecule has 30 nitrogen and oxygen atoms in total. The summed E-state index contributed by atoms with van der Waals surface area (Å²) in [5.41, 5.74) is 8.90. The molecule has 10 aliphatic rings. The molecule has 650 valence electrons. The highest BCUT2D eigenvalue weighted by Gasteiger charge is 2.28. The monoisotopic (exact) mass is 1700 g/mol. The van der Waals surface area contributed by atoms with Gasteiger partial charge in [-0.3, -0.25) is 0 Å². The fourth-order valence-corrected chi connectivity index (χ4v) is 15.9. The van der Waals surface area contributed by atoms with E-state index in [-0.39, 0.29) is 0 Å². The third-order valence-corrected chi connectivity index (χ3v) is 22.4. The molecule has 15 aromatic rings. The molecule has 0 spiro atoms. The second-order valence-corrected chi connectivity index (χ2v) is 32.9. The summed E-state index contributed by atoms with van der Waals surface area (Å²) in [6.07, 6.45) is 63.6. The number of ether oxygens (including phenoxy) is 10. The summed E-state index contributed by atoms with van der Waals surface area (Å²) in [5, 5.41) is 0. The highest BCUT2D eigenvalue weighted by molar-refractivity contribution is 5.60. The predicted octanol–water partition coefficient (Wildman–Crippen LogP) is 5.00. The van der Waals surface area contributed by atoms with Crippen LogP contribution < -0.4 is 93.0 Å². The average molecular weight is 1700 g/mol. The normalized spacial score (nSPS) is 12.1. The van der Waals surface area contributed by atoms with Crippen LogP contribution in [0.4, 0.5) is 0 Å². The summed E-state index contributed by atoms with van der Waals surface area (Å²) in [4.78, 5) is 0. The first-order chi connectivity index (χ1) is 60.8. The number of benzene rings is 5. The van der Waals surface area contributed by atoms with Gasteiger partial charge in [0.2, 0.25) is 63.3 Å². The van der Waals surface area contributed by atoms with Gasteiger partial charge in [0.25, 0.3) is 0 Å². The Labute approximate surface area is 730 Å². The number of hydrogen-bond acceptors (Lipinski definition) is 10. The first kappa shape index (κ1) is 84.8. The standard InChI is InChI=1S/C95H120N20O10/c1-96-11-21-106(66-96)31-41-116-86-56-77-52-79-59-91(121-46-36-111-26-16-101(6)71-111)81(61-90(79)120-45-35-110-25-15-100(5)70-110)54-83-63-95(125-50-40-115-30-20-105(10)75-115)85(65-94(83)124-49-39-114-29-19-104(9)74-114)55-84-64-92(122-47-37-112-27-17-102(7)72-112)82(62-93(84)123-48-38-113-28-18-103(8)73-113)53-80-60-88(118-43-33-108-23-13-98(3)68-108)78(58-89(80)119-44-34-109-24-14-99(4)69-109)51-76(86)57-87(77)117-42-32-107-22-12-97(2)67-107/h11-30,56-75H,31-55H2,1-10H3/q+10. The summed E-state index contributed by atoms with van der Waals surface area (Å²) >= 11 is 0. The number of nitrogens with zero attached hydrogens (tertiary/aromatic N) is 20. The van der Waals surface area contributed by atoms with E-state index < -0.39 is 0 Å². The lowest BCUT2D eigenvalue weighted by atomic mass is 9.94. The molecule has 0 unspecified atom stereocenters. The van der Waals surface area contributed by atoms with Crippen molar-refractivity contribution < 1.29 is 93.0 Å². The maximum Gasteiger partial charge on any atom is 0.243 e. The number of rotatable bonds is 40. The van der Waals surface area contributed by atoms with E-state index in [4.69, 9.17) is 47.4 Å². The zero-order valence-electron chi connectivity index (χ0n) is 73.8. The summed E-state index contributed by atoms with van der Waals surface area (Å²) in [7, 11) is 20.3. The fourth-order valence-electron chi connectivity index (χ4n) is 15.9. The molecule has 10 heterocycles. The van der Waals surface area contributed by atoms with Gasteiger partial charge in [-0.2, -0.15) is 0 Å². The topological polar surface area (TPSA) is 180 Å². The van der Waals surface area contributed by atoms with E-state index in [1.54, 1.807) is 0 Å². The van der Waals surface area contributed by atoms with Gasteiger partial charge < -0.3 is 47.4 Å². The van der Waals surface area contributed by atoms with Crippen molar-refractivity contribution in [2.75, 3.05) is 66.1 Å². The zero-order chi connectivity index (χ0) is 86.1. The van der Waals surface area contributed by atoms with E-state index in [0.29, 0.717) is 221 Å². The van der Waals surface area contributed by atoms with Crippen LogP contribution in [0.1, 0.15) is 55.6 Å². The van der Waals surface area contributed by atoms with Crippen molar-refractivity contribution in [3.8, 4) is 57.5 Å². The average Bonchev–Trinajstić information content (AvgIpc) is 1.05. The lowest BCUT2D eigenvalue weighted by Crippen LogP contribution is -2.34. The largest absolute Gasteiger partial charge is 0.489 e. The maximum atomic E-state index is 7.29. The molecule has 5 aromatic carbocycles. The van der Waals surface area contributed by atoms with Crippen molar-refractivity contribution in [1.29, 1.82) is 0 Å². The van der Waals surface area contributed by atoms with Crippen molar-refractivity contribution in [2.45, 2.75) is 97.6 Å². The van der Waals surface area contributed by atoms with Crippen molar-refractivity contribution in [3.05, 3.63) is 304 Å². The van der Waals surface area contributed by atoms with Crippen molar-refractivity contribution in [3.63, 3.8) is 0 Å². The van der Waals surface area contributed by atoms with E-state index in [9.17, 15) is 0 Å². The summed E-state index contributed by atoms with van der Waals surface area (Å²) in [6.45, 7) is 9.36. The molecule has 10 aliphatic carbocycles. The number of hydrogen-bond donors (Lipinski definition) is 0. The van der Waals surface area contributed by atoms with Gasteiger partial charge in [0.05, 0.1) is 70.5 Å². The van der Waals surface area contributed by atoms with Crippen LogP contribution in [-0.4, -0.2) is 112 Å². The van der Waals surface area contributed by atoms with Crippen LogP contribution >= 0.6 is 0 Å². The number of aromatic nitrogens is 20. The number of aryl methyl sites for hydroxylation is 10. The van der Waals surface area contributed by atoms with Crippen molar-refractivity contribution in [2.24, 2.45) is 70.5 Å². The minimum Gasteiger partial charge on any atom is -0.489 e. The van der Waals surface area contributed by atoms with Gasteiger partial charge in [-0.25, -0.2) is 91.3 Å². The Bertz CT molecular complexity index is 4890. The first-order valence-corrected chi connectivity index (χ1v) is 43.0. The van der Waals surface area contributed by atoms with Gasteiger partial charge in [-0.05, 0) is 60.7 Å². The Balaban J connectivity index is 0.929. The molecule has 30 heteroatoms. The van der Waals surface area contributed by atoms with Crippen LogP contribution in [0.3, 0.4) is 0 Å². The predicted molar refractivity (Wildman–Crippen MR) is 457 cm³/mol. The molecule has 0 saturated heterocycles. The molecule has 0 aliphatic heterocycles. The molecule has 0 N–H and O–H groups in total. The number of imidazole rings is 10. The lowest BCUT2D eigenvalue weighted by molar-refractivity contribution is -0.697. The van der Waals surface area contributed by atoms with Gasteiger partial charge in [-0.1, -0.05) is 0 Å². The highest BCUT2D eigenvalue weighted by atomic mass is 16.5. The molecule has 0 saturated carbocycles. The maximum absolute atomic E-state index is 7.29. The first-order valence-electron chi connectivity index (χ1n) is 43.0. The van der Waals surface area contributed by atoms with Crippen LogP contribution in [-0.2, 0) is 168 Å². The Morgan fingerprint density at radius 2 is 0.264 bits per heavy atom. The van der Waals surface area contributed by atoms with Gasteiger partial charge in [-0.15, -0.1) is 0 Å². The SMILES string of the molecule is Cn1cc[n+](CCOc2cc3c(OCC[n+]4ccn(C)c4)cc2Cc2cc(OCC[n+]4ccn(C)c4)c(cc2OCC[n+]2ccn(C)c2)Cc2cc(OCC[n+]4ccn(C)c4)c(cc2OCC[n+]2ccn(C)c2)Cc2cc(OCC[n+]4ccn(C)c4)c(cc2OCC[n+]2ccn(C)c2)Cc2cc(OCC[n+]4ccn(C)c4)c(cc2OCC[n+]2ccn(C)c2)C3)c1. The Morgan fingerprint density at radius 1 is 0.168 bits per heavy atom. The summed E-state index contributed by atoms with van der Waals surface area (Å²) < 4.78 is 115. The Morgan fingerprint density at radius 3 is 0.344 bits per heavy atom. The minimum absolute atomic E-state index is 0.353. The van der Waals surface area contributed by atoms with E-state index >= 15 is 0 Å². The second-order valence-electron chi connectivity index (χ2n) is 32.9. The molecule has 25 rings (SSSR count). The fraction of sp³-hybridized carbons (Fsp3) is 0.368. The molecule has 0 fully saturated rings. The quantitative estimate of drug-likeness (QED) is 0.0475. The van der Waals surface area contributed by atoms with Gasteiger partial charge in [0, 0.05) is 87.7 Å². The molecule has 0 atom stereocenters. The minimum atomic E-state index is 0.353. The molecule has 0 amide bonds. The Hall–Kier alpha value is -13.8. The molecule has 10 aromatic heterocycles. The van der Waals surface area contributed by atoms with Crippen LogP contribution in [0.15, 0.2) is 248 Å². The van der Waals surface area contributed by atoms with Gasteiger partial charge in [0.15, 0.2) is 0 Å². The molecule has 0 radical (unpaired) electrons. The molecular weight excluding hydrogens is 1580 g/mol. The molecule has 125 heavy (non-hydrogen) atoms. The molecule has 10 bridgehead atoms. The third kappa shape index (κ3) is 23.1. The van der Waals surface area contributed by atoms with Crippen molar-refractivity contribution in [1.82, 2.24) is 45.7 Å². The lowest BCUT2D eigenvalue weighted by Gasteiger charge is -2.22. The third-order valence-electron chi connectivity index (χ3n) is 22.4. The van der Waals surface area contributed by atoms with E-state index in [0.717, 1.165) is 55.6 Å². The van der Waals surface area contributed by atoms with E-state index in [1.165, 1.54) is 0 Å². The van der Waals surface area contributed by atoms with Gasteiger partial charge >= 0.3 is 0 Å². The van der Waals surface area contributed by atoms with Crippen LogP contribution in [0.25, 0.3) is 0 Å². The van der Waals surface area contributed by atoms with E-state index in [1.807, 2.05) is 178 Å².